The molecule has 0 aliphatic rings. The fourth-order valence-corrected chi connectivity index (χ4v) is 2.98. The Balaban J connectivity index is 1.59. The second-order valence-corrected chi connectivity index (χ2v) is 6.07. The van der Waals surface area contributed by atoms with Gasteiger partial charge in [0.1, 0.15) is 11.3 Å². The normalized spacial score (nSPS) is 12.3. The van der Waals surface area contributed by atoms with Gasteiger partial charge in [0.05, 0.1) is 22.0 Å². The van der Waals surface area contributed by atoms with Crippen LogP contribution in [0.1, 0.15) is 29.1 Å². The van der Waals surface area contributed by atoms with E-state index in [1.807, 2.05) is 37.3 Å². The Labute approximate surface area is 147 Å². The monoisotopic (exact) mass is 349 g/mol. The number of hydrogen-bond donors (Lipinski definition) is 2. The van der Waals surface area contributed by atoms with Crippen LogP contribution in [-0.4, -0.2) is 15.8 Å². The summed E-state index contributed by atoms with van der Waals surface area (Å²) in [6.45, 7) is 1.84. The highest BCUT2D eigenvalue weighted by atomic mass is 16.6. The van der Waals surface area contributed by atoms with Crippen LogP contribution in [0.25, 0.3) is 21.9 Å². The van der Waals surface area contributed by atoms with E-state index in [1.165, 1.54) is 12.1 Å². The quantitative estimate of drug-likeness (QED) is 0.423. The summed E-state index contributed by atoms with van der Waals surface area (Å²) >= 11 is 0. The van der Waals surface area contributed by atoms with E-state index in [9.17, 15) is 14.9 Å². The van der Waals surface area contributed by atoms with E-state index in [4.69, 9.17) is 4.42 Å². The van der Waals surface area contributed by atoms with Crippen molar-refractivity contribution in [3.05, 3.63) is 76.2 Å². The maximum atomic E-state index is 12.6. The second-order valence-electron chi connectivity index (χ2n) is 6.07. The Kier molecular flexibility index (Phi) is 3.69. The molecule has 0 spiro atoms. The van der Waals surface area contributed by atoms with Gasteiger partial charge in [0.25, 0.3) is 11.6 Å². The molecule has 0 aliphatic heterocycles. The predicted molar refractivity (Wildman–Crippen MR) is 97.0 cm³/mol. The molecular formula is C19H15N3O4. The average molecular weight is 349 g/mol. The Hall–Kier alpha value is -3.61. The molecule has 0 radical (unpaired) electrons. The largest absolute Gasteiger partial charge is 0.459 e. The maximum absolute atomic E-state index is 12.6. The van der Waals surface area contributed by atoms with Crippen LogP contribution in [0.4, 0.5) is 5.69 Å². The fraction of sp³-hybridized carbons (Fsp3) is 0.105. The number of nitrogens with zero attached hydrogens (tertiary/aromatic N) is 1. The molecule has 4 rings (SSSR count). The maximum Gasteiger partial charge on any atom is 0.271 e. The summed E-state index contributed by atoms with van der Waals surface area (Å²) in [7, 11) is 0. The summed E-state index contributed by atoms with van der Waals surface area (Å²) in [5.41, 5.74) is 1.71. The van der Waals surface area contributed by atoms with Gasteiger partial charge in [-0.15, -0.1) is 0 Å². The third-order valence-electron chi connectivity index (χ3n) is 4.34. The van der Waals surface area contributed by atoms with Crippen LogP contribution in [0, 0.1) is 10.1 Å². The number of fused-ring (bicyclic) bond motifs is 2. The molecule has 2 heterocycles. The smallest absolute Gasteiger partial charge is 0.271 e. The van der Waals surface area contributed by atoms with Crippen molar-refractivity contribution in [2.45, 2.75) is 13.0 Å². The zero-order valence-electron chi connectivity index (χ0n) is 13.9. The summed E-state index contributed by atoms with van der Waals surface area (Å²) in [4.78, 5) is 25.9. The number of furan rings is 1. The van der Waals surface area contributed by atoms with Gasteiger partial charge in [0.15, 0.2) is 0 Å². The van der Waals surface area contributed by atoms with Crippen LogP contribution in [0.3, 0.4) is 0 Å². The molecule has 1 amide bonds. The predicted octanol–water partition coefficient (Wildman–Crippen LogP) is 4.31. The number of hydrogen-bond acceptors (Lipinski definition) is 4. The van der Waals surface area contributed by atoms with Crippen LogP contribution in [0.5, 0.6) is 0 Å². The summed E-state index contributed by atoms with van der Waals surface area (Å²) < 4.78 is 5.78. The van der Waals surface area contributed by atoms with Crippen molar-refractivity contribution in [1.29, 1.82) is 0 Å². The molecule has 0 saturated carbocycles. The molecule has 2 aromatic heterocycles. The van der Waals surface area contributed by atoms with Gasteiger partial charge < -0.3 is 14.7 Å². The molecule has 0 aliphatic carbocycles. The Morgan fingerprint density at radius 1 is 1.23 bits per heavy atom. The second kappa shape index (κ2) is 6.03. The van der Waals surface area contributed by atoms with Gasteiger partial charge in [-0.25, -0.2) is 0 Å². The Morgan fingerprint density at radius 2 is 2.04 bits per heavy atom. The number of H-pyrrole nitrogens is 1. The number of nitrogens with one attached hydrogen (secondary N) is 2. The van der Waals surface area contributed by atoms with Crippen LogP contribution in [0.15, 0.2) is 59.1 Å². The molecule has 26 heavy (non-hydrogen) atoms. The average Bonchev–Trinajstić information content (AvgIpc) is 3.25. The number of amides is 1. The highest BCUT2D eigenvalue weighted by Gasteiger charge is 2.19. The fourth-order valence-electron chi connectivity index (χ4n) is 2.98. The van der Waals surface area contributed by atoms with Gasteiger partial charge in [0, 0.05) is 29.1 Å². The number of benzene rings is 2. The lowest BCUT2D eigenvalue weighted by Crippen LogP contribution is -2.26. The lowest BCUT2D eigenvalue weighted by molar-refractivity contribution is -0.384. The highest BCUT2D eigenvalue weighted by Crippen LogP contribution is 2.26. The molecule has 2 N–H and O–H groups in total. The number of para-hydroxylation sites is 1. The minimum absolute atomic E-state index is 0.0260. The van der Waals surface area contributed by atoms with Gasteiger partial charge in [-0.2, -0.15) is 0 Å². The van der Waals surface area contributed by atoms with Crippen LogP contribution in [-0.2, 0) is 0 Å². The molecule has 7 heteroatoms. The van der Waals surface area contributed by atoms with Crippen molar-refractivity contribution in [2.24, 2.45) is 0 Å². The molecule has 0 fully saturated rings. The van der Waals surface area contributed by atoms with Crippen molar-refractivity contribution in [3.8, 4) is 0 Å². The van der Waals surface area contributed by atoms with E-state index < -0.39 is 4.92 Å². The van der Waals surface area contributed by atoms with Gasteiger partial charge in [-0.05, 0) is 25.1 Å². The Morgan fingerprint density at radius 3 is 2.81 bits per heavy atom. The molecule has 0 bridgehead atoms. The SMILES string of the molecule is C[C@H](NC(=O)c1c[nH]c2cc([N+](=O)[O-])ccc12)c1cc2ccccc2o1. The van der Waals surface area contributed by atoms with Gasteiger partial charge in [-0.1, -0.05) is 18.2 Å². The summed E-state index contributed by atoms with van der Waals surface area (Å²) in [5, 5.41) is 15.4. The molecular weight excluding hydrogens is 334 g/mol. The van der Waals surface area contributed by atoms with Gasteiger partial charge >= 0.3 is 0 Å². The third kappa shape index (κ3) is 2.69. The van der Waals surface area contributed by atoms with E-state index in [-0.39, 0.29) is 17.6 Å². The molecule has 2 aromatic carbocycles. The van der Waals surface area contributed by atoms with Gasteiger partial charge in [0.2, 0.25) is 0 Å². The summed E-state index contributed by atoms with van der Waals surface area (Å²) in [6.07, 6.45) is 1.55. The molecule has 4 aromatic rings. The van der Waals surface area contributed by atoms with Crippen LogP contribution >= 0.6 is 0 Å². The lowest BCUT2D eigenvalue weighted by atomic mass is 10.1. The van der Waals surface area contributed by atoms with E-state index >= 15 is 0 Å². The first-order valence-corrected chi connectivity index (χ1v) is 8.08. The van der Waals surface area contributed by atoms with Crippen LogP contribution < -0.4 is 5.32 Å². The van der Waals surface area contributed by atoms with Crippen LogP contribution in [0.2, 0.25) is 0 Å². The van der Waals surface area contributed by atoms with Crippen molar-refractivity contribution >= 4 is 33.5 Å². The zero-order chi connectivity index (χ0) is 18.3. The number of nitro benzene ring substituents is 1. The number of aromatic nitrogens is 1. The van der Waals surface area contributed by atoms with Gasteiger partial charge in [-0.3, -0.25) is 14.9 Å². The number of carbonyl (C=O) groups is 1. The molecule has 130 valence electrons. The number of carbonyl (C=O) groups excluding carboxylic acids is 1. The van der Waals surface area contributed by atoms with E-state index in [0.29, 0.717) is 22.2 Å². The minimum Gasteiger partial charge on any atom is -0.459 e. The first-order chi connectivity index (χ1) is 12.5. The molecule has 0 saturated heterocycles. The number of rotatable bonds is 4. The topological polar surface area (TPSA) is 101 Å². The number of aromatic amines is 1. The lowest BCUT2D eigenvalue weighted by Gasteiger charge is -2.10. The standard InChI is InChI=1S/C19H15N3O4/c1-11(18-8-12-4-2-3-5-17(12)26-18)21-19(23)15-10-20-16-9-13(22(24)25)6-7-14(15)16/h2-11,20H,1H3,(H,21,23)/t11-/m0/s1. The molecule has 7 nitrogen and oxygen atoms in total. The van der Waals surface area contributed by atoms with Crippen molar-refractivity contribution in [2.75, 3.05) is 0 Å². The van der Waals surface area contributed by atoms with E-state index in [1.54, 1.807) is 12.3 Å². The first-order valence-electron chi connectivity index (χ1n) is 8.08. The van der Waals surface area contributed by atoms with E-state index in [2.05, 4.69) is 10.3 Å². The number of non-ortho nitro benzene ring substituents is 1. The third-order valence-corrected chi connectivity index (χ3v) is 4.34. The van der Waals surface area contributed by atoms with Crippen molar-refractivity contribution < 1.29 is 14.1 Å². The Bertz CT molecular complexity index is 1110. The van der Waals surface area contributed by atoms with Crippen molar-refractivity contribution in [3.63, 3.8) is 0 Å². The minimum atomic E-state index is -0.469. The van der Waals surface area contributed by atoms with E-state index in [0.717, 1.165) is 11.0 Å². The highest BCUT2D eigenvalue weighted by molar-refractivity contribution is 6.07. The first kappa shape index (κ1) is 15.9. The molecule has 0 unspecified atom stereocenters. The summed E-state index contributed by atoms with van der Waals surface area (Å²) in [6, 6.07) is 13.6. The molecule has 1 atom stereocenters. The summed E-state index contributed by atoms with van der Waals surface area (Å²) in [5.74, 6) is 0.382. The number of nitro groups is 1. The zero-order valence-corrected chi connectivity index (χ0v) is 13.9. The van der Waals surface area contributed by atoms with Crippen molar-refractivity contribution in [1.82, 2.24) is 10.3 Å².